The van der Waals surface area contributed by atoms with Crippen molar-refractivity contribution in [2.24, 2.45) is 0 Å². The predicted molar refractivity (Wildman–Crippen MR) is 111 cm³/mol. The maximum Gasteiger partial charge on any atom is 0.273 e. The Labute approximate surface area is 166 Å². The molecule has 0 saturated heterocycles. The summed E-state index contributed by atoms with van der Waals surface area (Å²) < 4.78 is 5.13. The van der Waals surface area contributed by atoms with Crippen molar-refractivity contribution in [1.82, 2.24) is 0 Å². The quantitative estimate of drug-likeness (QED) is 0.346. The molecule has 7 heteroatoms. The maximum atomic E-state index is 12.2. The standard InChI is InChI=1S/C21H18N2O4S/c1-27-20-13-17(23(25)26)9-12-19(20)22-21(24)14-28-18-10-7-16(8-11-18)15-5-3-2-4-6-15/h2-13H,14H2,1H3,(H,22,24). The van der Waals surface area contributed by atoms with E-state index in [9.17, 15) is 14.9 Å². The van der Waals surface area contributed by atoms with Crippen LogP contribution in [0.25, 0.3) is 11.1 Å². The van der Waals surface area contributed by atoms with E-state index in [1.54, 1.807) is 0 Å². The van der Waals surface area contributed by atoms with Gasteiger partial charge in [-0.05, 0) is 29.3 Å². The van der Waals surface area contributed by atoms with Gasteiger partial charge in [0, 0.05) is 11.0 Å². The van der Waals surface area contributed by atoms with Gasteiger partial charge in [-0.15, -0.1) is 11.8 Å². The van der Waals surface area contributed by atoms with Gasteiger partial charge in [0.1, 0.15) is 5.75 Å². The highest BCUT2D eigenvalue weighted by Gasteiger charge is 2.13. The van der Waals surface area contributed by atoms with Crippen molar-refractivity contribution in [2.45, 2.75) is 4.90 Å². The SMILES string of the molecule is COc1cc([N+](=O)[O-])ccc1NC(=O)CSc1ccc(-c2ccccc2)cc1. The van der Waals surface area contributed by atoms with Crippen LogP contribution in [0.4, 0.5) is 11.4 Å². The number of carbonyl (C=O) groups is 1. The average molecular weight is 394 g/mol. The Morgan fingerprint density at radius 1 is 1.04 bits per heavy atom. The Hall–Kier alpha value is -3.32. The molecule has 0 saturated carbocycles. The van der Waals surface area contributed by atoms with Gasteiger partial charge in [0.05, 0.1) is 29.5 Å². The number of carbonyl (C=O) groups excluding carboxylic acids is 1. The molecule has 1 amide bonds. The van der Waals surface area contributed by atoms with Crippen LogP contribution in [-0.4, -0.2) is 23.7 Å². The summed E-state index contributed by atoms with van der Waals surface area (Å²) in [7, 11) is 1.40. The lowest BCUT2D eigenvalue weighted by atomic mass is 10.1. The second-order valence-electron chi connectivity index (χ2n) is 5.87. The predicted octanol–water partition coefficient (Wildman–Crippen LogP) is 5.00. The van der Waals surface area contributed by atoms with Crippen LogP contribution in [0.1, 0.15) is 0 Å². The first-order chi connectivity index (χ1) is 13.6. The lowest BCUT2D eigenvalue weighted by Crippen LogP contribution is -2.14. The molecule has 0 unspecified atom stereocenters. The van der Waals surface area contributed by atoms with Crippen LogP contribution >= 0.6 is 11.8 Å². The number of amides is 1. The van der Waals surface area contributed by atoms with Gasteiger partial charge in [0.15, 0.2) is 0 Å². The first-order valence-electron chi connectivity index (χ1n) is 8.47. The number of hydrogen-bond donors (Lipinski definition) is 1. The Kier molecular flexibility index (Phi) is 6.29. The number of nitrogens with zero attached hydrogens (tertiary/aromatic N) is 1. The van der Waals surface area contributed by atoms with E-state index < -0.39 is 4.92 Å². The van der Waals surface area contributed by atoms with E-state index in [0.29, 0.717) is 5.69 Å². The molecule has 142 valence electrons. The zero-order valence-corrected chi connectivity index (χ0v) is 15.9. The molecular weight excluding hydrogens is 376 g/mol. The van der Waals surface area contributed by atoms with Crippen molar-refractivity contribution in [3.8, 4) is 16.9 Å². The smallest absolute Gasteiger partial charge is 0.273 e. The van der Waals surface area contributed by atoms with Crippen LogP contribution in [0.2, 0.25) is 0 Å². The minimum Gasteiger partial charge on any atom is -0.494 e. The number of nitrogens with one attached hydrogen (secondary N) is 1. The van der Waals surface area contributed by atoms with Gasteiger partial charge in [-0.25, -0.2) is 0 Å². The molecule has 1 N–H and O–H groups in total. The number of non-ortho nitro benzene ring substituents is 1. The summed E-state index contributed by atoms with van der Waals surface area (Å²) in [6.07, 6.45) is 0. The third kappa shape index (κ3) is 4.89. The first kappa shape index (κ1) is 19.4. The molecule has 3 rings (SSSR count). The lowest BCUT2D eigenvalue weighted by molar-refractivity contribution is -0.384. The zero-order chi connectivity index (χ0) is 19.9. The molecule has 0 aromatic heterocycles. The topological polar surface area (TPSA) is 81.5 Å². The van der Waals surface area contributed by atoms with E-state index in [2.05, 4.69) is 5.32 Å². The monoisotopic (exact) mass is 394 g/mol. The molecule has 0 aliphatic heterocycles. The Morgan fingerprint density at radius 2 is 1.71 bits per heavy atom. The van der Waals surface area contributed by atoms with Crippen LogP contribution in [0.15, 0.2) is 77.7 Å². The number of rotatable bonds is 7. The Bertz CT molecular complexity index is 975. The van der Waals surface area contributed by atoms with Crippen molar-refractivity contribution in [3.05, 3.63) is 82.9 Å². The molecule has 0 aliphatic rings. The van der Waals surface area contributed by atoms with Crippen LogP contribution in [0, 0.1) is 10.1 Å². The molecule has 0 fully saturated rings. The Morgan fingerprint density at radius 3 is 2.36 bits per heavy atom. The fourth-order valence-corrected chi connectivity index (χ4v) is 3.30. The van der Waals surface area contributed by atoms with E-state index in [-0.39, 0.29) is 23.1 Å². The zero-order valence-electron chi connectivity index (χ0n) is 15.1. The third-order valence-electron chi connectivity index (χ3n) is 4.00. The van der Waals surface area contributed by atoms with Gasteiger partial charge in [0.2, 0.25) is 5.91 Å². The molecule has 3 aromatic rings. The summed E-state index contributed by atoms with van der Waals surface area (Å²) >= 11 is 1.41. The van der Waals surface area contributed by atoms with E-state index in [4.69, 9.17) is 4.74 Å². The fourth-order valence-electron chi connectivity index (χ4n) is 2.61. The molecule has 3 aromatic carbocycles. The third-order valence-corrected chi connectivity index (χ3v) is 5.01. The first-order valence-corrected chi connectivity index (χ1v) is 9.46. The van der Waals surface area contributed by atoms with E-state index in [1.807, 2.05) is 54.6 Å². The summed E-state index contributed by atoms with van der Waals surface area (Å²) in [6.45, 7) is 0. The molecule has 0 aliphatic carbocycles. The van der Waals surface area contributed by atoms with E-state index in [1.165, 1.54) is 37.1 Å². The highest BCUT2D eigenvalue weighted by molar-refractivity contribution is 8.00. The number of thioether (sulfide) groups is 1. The number of nitro groups is 1. The highest BCUT2D eigenvalue weighted by atomic mass is 32.2. The van der Waals surface area contributed by atoms with Crippen molar-refractivity contribution < 1.29 is 14.5 Å². The van der Waals surface area contributed by atoms with Crippen molar-refractivity contribution in [1.29, 1.82) is 0 Å². The summed E-state index contributed by atoms with van der Waals surface area (Å²) in [5, 5.41) is 13.6. The lowest BCUT2D eigenvalue weighted by Gasteiger charge is -2.10. The molecule has 0 spiro atoms. The second-order valence-corrected chi connectivity index (χ2v) is 6.92. The number of anilines is 1. The van der Waals surface area contributed by atoms with Gasteiger partial charge >= 0.3 is 0 Å². The number of nitro benzene ring substituents is 1. The van der Waals surface area contributed by atoms with E-state index >= 15 is 0 Å². The summed E-state index contributed by atoms with van der Waals surface area (Å²) in [5.74, 6) is 0.245. The largest absolute Gasteiger partial charge is 0.494 e. The molecular formula is C21H18N2O4S. The van der Waals surface area contributed by atoms with Gasteiger partial charge in [0.25, 0.3) is 5.69 Å². The van der Waals surface area contributed by atoms with Crippen molar-refractivity contribution in [2.75, 3.05) is 18.2 Å². The number of hydrogen-bond acceptors (Lipinski definition) is 5. The number of methoxy groups -OCH3 is 1. The normalized spacial score (nSPS) is 10.3. The van der Waals surface area contributed by atoms with Crippen molar-refractivity contribution in [3.63, 3.8) is 0 Å². The van der Waals surface area contributed by atoms with Gasteiger partial charge < -0.3 is 10.1 Å². The summed E-state index contributed by atoms with van der Waals surface area (Å²) in [4.78, 5) is 23.5. The minimum atomic E-state index is -0.511. The number of ether oxygens (including phenoxy) is 1. The molecule has 0 heterocycles. The van der Waals surface area contributed by atoms with Gasteiger partial charge in [-0.2, -0.15) is 0 Å². The molecule has 0 bridgehead atoms. The van der Waals surface area contributed by atoms with Crippen LogP contribution in [0.3, 0.4) is 0 Å². The minimum absolute atomic E-state index is 0.0947. The maximum absolute atomic E-state index is 12.2. The van der Waals surface area contributed by atoms with Crippen LogP contribution in [0.5, 0.6) is 5.75 Å². The fraction of sp³-hybridized carbons (Fsp3) is 0.0952. The Balaban J connectivity index is 1.59. The van der Waals surface area contributed by atoms with Gasteiger partial charge in [-0.3, -0.25) is 14.9 Å². The van der Waals surface area contributed by atoms with Crippen LogP contribution < -0.4 is 10.1 Å². The van der Waals surface area contributed by atoms with Crippen molar-refractivity contribution >= 4 is 29.0 Å². The summed E-state index contributed by atoms with van der Waals surface area (Å²) in [6, 6.07) is 22.1. The van der Waals surface area contributed by atoms with E-state index in [0.717, 1.165) is 16.0 Å². The average Bonchev–Trinajstić information content (AvgIpc) is 2.73. The van der Waals surface area contributed by atoms with Gasteiger partial charge in [-0.1, -0.05) is 42.5 Å². The molecule has 28 heavy (non-hydrogen) atoms. The molecule has 0 atom stereocenters. The number of benzene rings is 3. The highest BCUT2D eigenvalue weighted by Crippen LogP contribution is 2.29. The second kappa shape index (κ2) is 9.05. The van der Waals surface area contributed by atoms with Crippen LogP contribution in [-0.2, 0) is 4.79 Å². The summed E-state index contributed by atoms with van der Waals surface area (Å²) in [5.41, 5.74) is 2.56. The molecule has 6 nitrogen and oxygen atoms in total. The molecule has 0 radical (unpaired) electrons.